The summed E-state index contributed by atoms with van der Waals surface area (Å²) in [6.07, 6.45) is 0. The molecule has 8 heteroatoms. The number of Topliss-reactive ketones (excluding diaryl/α,β-unsaturated/α-hetero) is 1. The molecular weight excluding hydrogens is 329 g/mol. The second-order valence-electron chi connectivity index (χ2n) is 5.41. The number of halogens is 1. The average molecular weight is 345 g/mol. The molecule has 0 aliphatic carbocycles. The molecule has 0 aliphatic heterocycles. The van der Waals surface area contributed by atoms with Gasteiger partial charge in [-0.05, 0) is 48.5 Å². The van der Waals surface area contributed by atoms with Gasteiger partial charge in [-0.3, -0.25) is 4.79 Å². The molecule has 2 heterocycles. The minimum Gasteiger partial charge on any atom is -0.351 e. The van der Waals surface area contributed by atoms with Gasteiger partial charge in [0.05, 0.1) is 11.4 Å². The molecule has 0 atom stereocenters. The number of thioether (sulfide) groups is 1. The summed E-state index contributed by atoms with van der Waals surface area (Å²) in [5, 5.41) is 11.8. The quantitative estimate of drug-likeness (QED) is 0.525. The van der Waals surface area contributed by atoms with Crippen molar-refractivity contribution in [1.82, 2.24) is 24.8 Å². The summed E-state index contributed by atoms with van der Waals surface area (Å²) in [5.41, 5.74) is 3.18. The molecule has 0 saturated carbocycles. The molecule has 0 fully saturated rings. The summed E-state index contributed by atoms with van der Waals surface area (Å²) in [4.78, 5) is 12.5. The molecule has 3 rings (SSSR count). The Balaban J connectivity index is 1.77. The average Bonchev–Trinajstić information content (AvgIpc) is 3.13. The highest BCUT2D eigenvalue weighted by molar-refractivity contribution is 7.99. The second kappa shape index (κ2) is 6.56. The van der Waals surface area contributed by atoms with Crippen molar-refractivity contribution in [3.8, 4) is 5.69 Å². The summed E-state index contributed by atoms with van der Waals surface area (Å²) < 4.78 is 16.8. The van der Waals surface area contributed by atoms with Crippen LogP contribution in [0.5, 0.6) is 0 Å². The zero-order valence-electron chi connectivity index (χ0n) is 13.5. The van der Waals surface area contributed by atoms with Crippen LogP contribution in [0.3, 0.4) is 0 Å². The van der Waals surface area contributed by atoms with E-state index in [9.17, 15) is 9.18 Å². The second-order valence-corrected chi connectivity index (χ2v) is 6.35. The molecule has 0 spiro atoms. The van der Waals surface area contributed by atoms with E-state index >= 15 is 0 Å². The van der Waals surface area contributed by atoms with Gasteiger partial charge in [0, 0.05) is 24.0 Å². The minimum absolute atomic E-state index is 0.00925. The first-order valence-corrected chi connectivity index (χ1v) is 8.29. The maximum atomic E-state index is 13.4. The number of aromatic nitrogens is 5. The van der Waals surface area contributed by atoms with Gasteiger partial charge in [-0.1, -0.05) is 17.8 Å². The van der Waals surface area contributed by atoms with Gasteiger partial charge in [-0.25, -0.2) is 4.39 Å². The molecule has 2 aromatic heterocycles. The van der Waals surface area contributed by atoms with Crippen LogP contribution in [0, 0.1) is 19.7 Å². The molecule has 3 aromatic rings. The summed E-state index contributed by atoms with van der Waals surface area (Å²) in [6, 6.07) is 7.86. The number of benzene rings is 1. The van der Waals surface area contributed by atoms with Crippen LogP contribution in [0.2, 0.25) is 0 Å². The maximum absolute atomic E-state index is 13.4. The Morgan fingerprint density at radius 2 is 2.08 bits per heavy atom. The van der Waals surface area contributed by atoms with Crippen LogP contribution in [-0.2, 0) is 7.05 Å². The molecule has 0 saturated heterocycles. The summed E-state index contributed by atoms with van der Waals surface area (Å²) in [5.74, 6) is -0.152. The maximum Gasteiger partial charge on any atom is 0.214 e. The Kier molecular flexibility index (Phi) is 4.48. The predicted octanol–water partition coefficient (Wildman–Crippen LogP) is 2.73. The number of carbonyl (C=O) groups excluding carboxylic acids is 1. The largest absolute Gasteiger partial charge is 0.351 e. The SMILES string of the molecule is Cc1cc(C(=O)CSc2nnnn2-c2cccc(F)c2)c(C)n1C. The van der Waals surface area contributed by atoms with E-state index < -0.39 is 0 Å². The molecule has 0 bridgehead atoms. The zero-order chi connectivity index (χ0) is 17.3. The number of hydrogen-bond acceptors (Lipinski definition) is 5. The Morgan fingerprint density at radius 1 is 1.29 bits per heavy atom. The third kappa shape index (κ3) is 3.09. The van der Waals surface area contributed by atoms with Crippen molar-refractivity contribution in [3.63, 3.8) is 0 Å². The van der Waals surface area contributed by atoms with E-state index in [1.807, 2.05) is 31.5 Å². The lowest BCUT2D eigenvalue weighted by atomic mass is 10.2. The third-order valence-electron chi connectivity index (χ3n) is 3.90. The van der Waals surface area contributed by atoms with Crippen molar-refractivity contribution < 1.29 is 9.18 Å². The number of aryl methyl sites for hydroxylation is 1. The Bertz CT molecular complexity index is 902. The van der Waals surface area contributed by atoms with E-state index in [4.69, 9.17) is 0 Å². The zero-order valence-corrected chi connectivity index (χ0v) is 14.3. The van der Waals surface area contributed by atoms with E-state index in [0.717, 1.165) is 11.4 Å². The van der Waals surface area contributed by atoms with Crippen molar-refractivity contribution in [2.24, 2.45) is 7.05 Å². The van der Waals surface area contributed by atoms with E-state index in [2.05, 4.69) is 15.5 Å². The molecule has 24 heavy (non-hydrogen) atoms. The van der Waals surface area contributed by atoms with Crippen LogP contribution in [0.15, 0.2) is 35.5 Å². The number of hydrogen-bond donors (Lipinski definition) is 0. The first kappa shape index (κ1) is 16.4. The smallest absolute Gasteiger partial charge is 0.214 e. The van der Waals surface area contributed by atoms with E-state index in [1.165, 1.54) is 28.6 Å². The van der Waals surface area contributed by atoms with Crippen molar-refractivity contribution >= 4 is 17.5 Å². The topological polar surface area (TPSA) is 65.6 Å². The van der Waals surface area contributed by atoms with Crippen LogP contribution in [-0.4, -0.2) is 36.3 Å². The van der Waals surface area contributed by atoms with Crippen LogP contribution >= 0.6 is 11.8 Å². The normalized spacial score (nSPS) is 11.0. The molecule has 0 amide bonds. The standard InChI is InChI=1S/C16H16FN5OS/c1-10-7-14(11(2)21(10)3)15(23)9-24-16-18-19-20-22(16)13-6-4-5-12(17)8-13/h4-8H,9H2,1-3H3. The summed E-state index contributed by atoms with van der Waals surface area (Å²) in [7, 11) is 1.93. The molecule has 1 aromatic carbocycles. The van der Waals surface area contributed by atoms with Gasteiger partial charge < -0.3 is 4.57 Å². The highest BCUT2D eigenvalue weighted by Crippen LogP contribution is 2.21. The monoisotopic (exact) mass is 345 g/mol. The minimum atomic E-state index is -0.370. The molecule has 124 valence electrons. The van der Waals surface area contributed by atoms with Crippen LogP contribution in [0.4, 0.5) is 4.39 Å². The van der Waals surface area contributed by atoms with Crippen LogP contribution in [0.25, 0.3) is 5.69 Å². The predicted molar refractivity (Wildman–Crippen MR) is 89.1 cm³/mol. The van der Waals surface area contributed by atoms with Gasteiger partial charge >= 0.3 is 0 Å². The van der Waals surface area contributed by atoms with E-state index in [0.29, 0.717) is 16.4 Å². The van der Waals surface area contributed by atoms with E-state index in [-0.39, 0.29) is 17.4 Å². The van der Waals surface area contributed by atoms with E-state index in [1.54, 1.807) is 12.1 Å². The fourth-order valence-electron chi connectivity index (χ4n) is 2.38. The van der Waals surface area contributed by atoms with Gasteiger partial charge in [0.25, 0.3) is 0 Å². The number of carbonyl (C=O) groups is 1. The lowest BCUT2D eigenvalue weighted by molar-refractivity contribution is 0.102. The third-order valence-corrected chi connectivity index (χ3v) is 4.82. The number of rotatable bonds is 5. The first-order valence-electron chi connectivity index (χ1n) is 7.30. The van der Waals surface area contributed by atoms with Crippen molar-refractivity contribution in [2.75, 3.05) is 5.75 Å². The van der Waals surface area contributed by atoms with Crippen molar-refractivity contribution in [1.29, 1.82) is 0 Å². The van der Waals surface area contributed by atoms with Gasteiger partial charge in [-0.15, -0.1) is 5.10 Å². The molecule has 6 nitrogen and oxygen atoms in total. The van der Waals surface area contributed by atoms with Gasteiger partial charge in [0.1, 0.15) is 5.82 Å². The highest BCUT2D eigenvalue weighted by Gasteiger charge is 2.17. The lowest BCUT2D eigenvalue weighted by Gasteiger charge is -2.04. The fourth-order valence-corrected chi connectivity index (χ4v) is 3.16. The summed E-state index contributed by atoms with van der Waals surface area (Å²) >= 11 is 1.23. The first-order chi connectivity index (χ1) is 11.5. The highest BCUT2D eigenvalue weighted by atomic mass is 32.2. The van der Waals surface area contributed by atoms with Gasteiger partial charge in [0.15, 0.2) is 5.78 Å². The Hall–Kier alpha value is -2.48. The Morgan fingerprint density at radius 3 is 2.75 bits per heavy atom. The van der Waals surface area contributed by atoms with Gasteiger partial charge in [-0.2, -0.15) is 4.68 Å². The Labute approximate surface area is 142 Å². The van der Waals surface area contributed by atoms with Crippen LogP contribution < -0.4 is 0 Å². The van der Waals surface area contributed by atoms with Gasteiger partial charge in [0.2, 0.25) is 5.16 Å². The molecule has 0 radical (unpaired) electrons. The lowest BCUT2D eigenvalue weighted by Crippen LogP contribution is -2.06. The van der Waals surface area contributed by atoms with Crippen molar-refractivity contribution in [2.45, 2.75) is 19.0 Å². The number of tetrazole rings is 1. The number of ketones is 1. The fraction of sp³-hybridized carbons (Fsp3) is 0.250. The summed E-state index contributed by atoms with van der Waals surface area (Å²) in [6.45, 7) is 3.88. The molecular formula is C16H16FN5OS. The number of nitrogens with zero attached hydrogens (tertiary/aromatic N) is 5. The molecule has 0 N–H and O–H groups in total. The van der Waals surface area contributed by atoms with Crippen molar-refractivity contribution in [3.05, 3.63) is 53.1 Å². The molecule has 0 unspecified atom stereocenters. The van der Waals surface area contributed by atoms with Crippen LogP contribution in [0.1, 0.15) is 21.7 Å². The molecule has 0 aliphatic rings.